The molecule has 0 aliphatic carbocycles. The van der Waals surface area contributed by atoms with Crippen LogP contribution in [0, 0.1) is 0 Å². The Morgan fingerprint density at radius 1 is 1.38 bits per heavy atom. The average Bonchev–Trinajstić information content (AvgIpc) is 2.83. The molecule has 1 atom stereocenters. The molecular formula is C16H19ClN4O5. The van der Waals surface area contributed by atoms with E-state index in [1.165, 1.54) is 31.1 Å². The van der Waals surface area contributed by atoms with Crippen molar-refractivity contribution in [2.45, 2.75) is 25.9 Å². The van der Waals surface area contributed by atoms with Crippen molar-refractivity contribution in [2.24, 2.45) is 0 Å². The minimum atomic E-state index is -1.01. The number of rotatable bonds is 7. The Kier molecular flexibility index (Phi) is 6.51. The maximum Gasteiger partial charge on any atom is 0.326 e. The standard InChI is InChI=1S/C16H19ClN4O5/c1-10(15(24)19-12-6-5-11(17)8-18-12)26-14(23)4-3-7-21-13(22)9-20(2)16(21)25/h5-6,8,10H,3-4,7,9H2,1-2H3,(H,18,19,24)/t10-/m1/s1. The zero-order chi connectivity index (χ0) is 19.3. The van der Waals surface area contributed by atoms with Gasteiger partial charge in [-0.3, -0.25) is 19.3 Å². The molecule has 0 radical (unpaired) electrons. The molecule has 2 heterocycles. The number of esters is 1. The first-order chi connectivity index (χ1) is 12.3. The molecule has 1 aromatic rings. The third-order valence-electron chi connectivity index (χ3n) is 3.65. The van der Waals surface area contributed by atoms with Crippen molar-refractivity contribution in [1.29, 1.82) is 0 Å². The molecule has 1 aromatic heterocycles. The van der Waals surface area contributed by atoms with Crippen molar-refractivity contribution in [3.05, 3.63) is 23.4 Å². The van der Waals surface area contributed by atoms with Gasteiger partial charge in [0.05, 0.1) is 5.02 Å². The quantitative estimate of drug-likeness (QED) is 0.562. The van der Waals surface area contributed by atoms with Crippen LogP contribution in [-0.2, 0) is 19.1 Å². The monoisotopic (exact) mass is 382 g/mol. The predicted molar refractivity (Wildman–Crippen MR) is 92.4 cm³/mol. The highest BCUT2D eigenvalue weighted by molar-refractivity contribution is 6.30. The second kappa shape index (κ2) is 8.61. The van der Waals surface area contributed by atoms with Gasteiger partial charge in [0.25, 0.3) is 5.91 Å². The highest BCUT2D eigenvalue weighted by atomic mass is 35.5. The van der Waals surface area contributed by atoms with Crippen LogP contribution < -0.4 is 5.32 Å². The topological polar surface area (TPSA) is 109 Å². The summed E-state index contributed by atoms with van der Waals surface area (Å²) in [5.41, 5.74) is 0. The Balaban J connectivity index is 1.73. The minimum Gasteiger partial charge on any atom is -0.453 e. The molecule has 4 amide bonds. The van der Waals surface area contributed by atoms with Crippen LogP contribution in [0.3, 0.4) is 0 Å². The van der Waals surface area contributed by atoms with Crippen LogP contribution in [0.1, 0.15) is 19.8 Å². The predicted octanol–water partition coefficient (Wildman–Crippen LogP) is 1.28. The Bertz CT molecular complexity index is 709. The smallest absolute Gasteiger partial charge is 0.326 e. The van der Waals surface area contributed by atoms with E-state index in [0.717, 1.165) is 4.90 Å². The highest BCUT2D eigenvalue weighted by Gasteiger charge is 2.33. The van der Waals surface area contributed by atoms with E-state index in [9.17, 15) is 19.2 Å². The zero-order valence-electron chi connectivity index (χ0n) is 14.4. The van der Waals surface area contributed by atoms with Gasteiger partial charge < -0.3 is 15.0 Å². The SMILES string of the molecule is C[C@@H](OC(=O)CCCN1C(=O)CN(C)C1=O)C(=O)Nc1ccc(Cl)cn1. The van der Waals surface area contributed by atoms with Crippen LogP contribution in [0.4, 0.5) is 10.6 Å². The normalized spacial score (nSPS) is 15.2. The number of carbonyl (C=O) groups is 4. The summed E-state index contributed by atoms with van der Waals surface area (Å²) in [6, 6.07) is 2.71. The van der Waals surface area contributed by atoms with Crippen molar-refractivity contribution in [3.63, 3.8) is 0 Å². The van der Waals surface area contributed by atoms with Crippen LogP contribution in [-0.4, -0.2) is 64.8 Å². The number of anilines is 1. The van der Waals surface area contributed by atoms with E-state index >= 15 is 0 Å². The van der Waals surface area contributed by atoms with Crippen molar-refractivity contribution in [3.8, 4) is 0 Å². The van der Waals surface area contributed by atoms with Gasteiger partial charge in [-0.2, -0.15) is 0 Å². The van der Waals surface area contributed by atoms with Crippen molar-refractivity contribution in [2.75, 3.05) is 25.5 Å². The van der Waals surface area contributed by atoms with E-state index in [0.29, 0.717) is 5.02 Å². The molecule has 2 rings (SSSR count). The maximum atomic E-state index is 12.0. The van der Waals surface area contributed by atoms with Crippen LogP contribution in [0.2, 0.25) is 5.02 Å². The summed E-state index contributed by atoms with van der Waals surface area (Å²) in [7, 11) is 1.53. The third-order valence-corrected chi connectivity index (χ3v) is 3.87. The molecule has 140 valence electrons. The molecule has 1 saturated heterocycles. The van der Waals surface area contributed by atoms with Gasteiger partial charge in [-0.15, -0.1) is 0 Å². The molecule has 26 heavy (non-hydrogen) atoms. The second-order valence-electron chi connectivity index (χ2n) is 5.77. The maximum absolute atomic E-state index is 12.0. The number of nitrogens with zero attached hydrogens (tertiary/aromatic N) is 3. The van der Waals surface area contributed by atoms with Crippen molar-refractivity contribution < 1.29 is 23.9 Å². The van der Waals surface area contributed by atoms with Gasteiger partial charge >= 0.3 is 12.0 Å². The fourth-order valence-electron chi connectivity index (χ4n) is 2.26. The molecule has 0 aromatic carbocycles. The highest BCUT2D eigenvalue weighted by Crippen LogP contribution is 2.11. The molecule has 1 aliphatic rings. The molecule has 0 spiro atoms. The number of amides is 4. The largest absolute Gasteiger partial charge is 0.453 e. The number of carbonyl (C=O) groups excluding carboxylic acids is 4. The lowest BCUT2D eigenvalue weighted by Crippen LogP contribution is -2.33. The van der Waals surface area contributed by atoms with Gasteiger partial charge in [-0.25, -0.2) is 9.78 Å². The lowest BCUT2D eigenvalue weighted by Gasteiger charge is -2.15. The molecule has 9 nitrogen and oxygen atoms in total. The number of likely N-dealkylation sites (N-methyl/N-ethyl adjacent to an activating group) is 1. The van der Waals surface area contributed by atoms with Crippen LogP contribution in [0.25, 0.3) is 0 Å². The van der Waals surface area contributed by atoms with Gasteiger partial charge in [-0.1, -0.05) is 11.6 Å². The zero-order valence-corrected chi connectivity index (χ0v) is 15.2. The molecule has 1 N–H and O–H groups in total. The number of aromatic nitrogens is 1. The lowest BCUT2D eigenvalue weighted by atomic mass is 10.3. The van der Waals surface area contributed by atoms with E-state index in [2.05, 4.69) is 10.3 Å². The Labute approximate surface area is 155 Å². The third kappa shape index (κ3) is 5.16. The Hall–Kier alpha value is -2.68. The van der Waals surface area contributed by atoms with E-state index in [-0.39, 0.29) is 43.7 Å². The van der Waals surface area contributed by atoms with Gasteiger partial charge in [0.15, 0.2) is 6.10 Å². The fraction of sp³-hybridized carbons (Fsp3) is 0.438. The fourth-order valence-corrected chi connectivity index (χ4v) is 2.37. The number of halogens is 1. The Morgan fingerprint density at radius 2 is 2.12 bits per heavy atom. The summed E-state index contributed by atoms with van der Waals surface area (Å²) in [6.45, 7) is 1.61. The average molecular weight is 383 g/mol. The number of pyridine rings is 1. The summed E-state index contributed by atoms with van der Waals surface area (Å²) in [4.78, 5) is 53.4. The number of hydrogen-bond acceptors (Lipinski definition) is 6. The Morgan fingerprint density at radius 3 is 2.69 bits per heavy atom. The molecule has 1 fully saturated rings. The first kappa shape index (κ1) is 19.6. The minimum absolute atomic E-state index is 0.0163. The molecule has 0 bridgehead atoms. The van der Waals surface area contributed by atoms with Crippen LogP contribution in [0.15, 0.2) is 18.3 Å². The molecule has 1 aliphatic heterocycles. The lowest BCUT2D eigenvalue weighted by molar-refractivity contribution is -0.153. The van der Waals surface area contributed by atoms with Crippen molar-refractivity contribution in [1.82, 2.24) is 14.8 Å². The summed E-state index contributed by atoms with van der Waals surface area (Å²) in [5.74, 6) is -1.13. The number of ether oxygens (including phenoxy) is 1. The molecule has 0 saturated carbocycles. The molecular weight excluding hydrogens is 364 g/mol. The van der Waals surface area contributed by atoms with E-state index in [1.54, 1.807) is 6.07 Å². The van der Waals surface area contributed by atoms with E-state index in [4.69, 9.17) is 16.3 Å². The van der Waals surface area contributed by atoms with Gasteiger partial charge in [0.2, 0.25) is 5.91 Å². The van der Waals surface area contributed by atoms with Crippen molar-refractivity contribution >= 4 is 41.2 Å². The summed E-state index contributed by atoms with van der Waals surface area (Å²) >= 11 is 5.71. The van der Waals surface area contributed by atoms with E-state index < -0.39 is 18.0 Å². The van der Waals surface area contributed by atoms with Crippen LogP contribution >= 0.6 is 11.6 Å². The number of imide groups is 1. The number of urea groups is 1. The van der Waals surface area contributed by atoms with Crippen LogP contribution in [0.5, 0.6) is 0 Å². The second-order valence-corrected chi connectivity index (χ2v) is 6.21. The summed E-state index contributed by atoms with van der Waals surface area (Å²) in [6.07, 6.45) is 0.613. The number of hydrogen-bond donors (Lipinski definition) is 1. The van der Waals surface area contributed by atoms with Gasteiger partial charge in [-0.05, 0) is 25.5 Å². The molecule has 0 unspecified atom stereocenters. The summed E-state index contributed by atoms with van der Waals surface area (Å²) in [5, 5.41) is 2.94. The number of nitrogens with one attached hydrogen (secondary N) is 1. The molecule has 10 heteroatoms. The van der Waals surface area contributed by atoms with Gasteiger partial charge in [0, 0.05) is 26.2 Å². The van der Waals surface area contributed by atoms with Gasteiger partial charge in [0.1, 0.15) is 12.4 Å². The summed E-state index contributed by atoms with van der Waals surface area (Å²) < 4.78 is 5.04. The van der Waals surface area contributed by atoms with E-state index in [1.807, 2.05) is 0 Å². The first-order valence-electron chi connectivity index (χ1n) is 7.95. The first-order valence-corrected chi connectivity index (χ1v) is 8.33.